The Morgan fingerprint density at radius 1 is 1.31 bits per heavy atom. The van der Waals surface area contributed by atoms with Gasteiger partial charge in [0.2, 0.25) is 0 Å². The number of aliphatic carboxylic acids is 1. The van der Waals surface area contributed by atoms with Crippen molar-refractivity contribution in [2.45, 2.75) is 20.5 Å². The van der Waals surface area contributed by atoms with Crippen LogP contribution in [0.5, 0.6) is 5.75 Å². The number of benzene rings is 1. The molecule has 1 rings (SSSR count). The van der Waals surface area contributed by atoms with Gasteiger partial charge in [-0.15, -0.1) is 0 Å². The minimum Gasteiger partial charge on any atom is -0.492 e. The predicted octanol–water partition coefficient (Wildman–Crippen LogP) is 1.67. The highest BCUT2D eigenvalue weighted by molar-refractivity contribution is 5.73. The van der Waals surface area contributed by atoms with Crippen LogP contribution in [-0.2, 0) is 11.4 Å². The van der Waals surface area contributed by atoms with Gasteiger partial charge in [-0.1, -0.05) is 12.1 Å². The van der Waals surface area contributed by atoms with Gasteiger partial charge in [0.05, 0.1) is 12.0 Å². The average molecular weight is 224 g/mol. The third-order valence-corrected chi connectivity index (χ3v) is 2.28. The second-order valence-corrected chi connectivity index (χ2v) is 4.28. The zero-order chi connectivity index (χ0) is 12.2. The number of aliphatic hydroxyl groups excluding tert-OH is 1. The molecule has 2 N–H and O–H groups in total. The van der Waals surface area contributed by atoms with E-state index in [4.69, 9.17) is 14.9 Å². The molecule has 0 bridgehead atoms. The second-order valence-electron chi connectivity index (χ2n) is 4.28. The largest absolute Gasteiger partial charge is 0.492 e. The van der Waals surface area contributed by atoms with E-state index in [-0.39, 0.29) is 13.2 Å². The van der Waals surface area contributed by atoms with Crippen molar-refractivity contribution in [3.05, 3.63) is 29.8 Å². The first-order chi connectivity index (χ1) is 7.45. The first-order valence-electron chi connectivity index (χ1n) is 5.02. The van der Waals surface area contributed by atoms with Crippen LogP contribution in [0.25, 0.3) is 0 Å². The van der Waals surface area contributed by atoms with Crippen molar-refractivity contribution in [1.82, 2.24) is 0 Å². The normalized spacial score (nSPS) is 11.2. The molecule has 0 aliphatic carbocycles. The highest BCUT2D eigenvalue weighted by Gasteiger charge is 2.28. The SMILES string of the molecule is CC(C)(COc1ccc(CO)cc1)C(=O)O. The molecular weight excluding hydrogens is 208 g/mol. The first-order valence-corrected chi connectivity index (χ1v) is 5.02. The van der Waals surface area contributed by atoms with Crippen LogP contribution in [0.2, 0.25) is 0 Å². The molecule has 0 saturated carbocycles. The van der Waals surface area contributed by atoms with Crippen molar-refractivity contribution in [2.24, 2.45) is 5.41 Å². The van der Waals surface area contributed by atoms with Crippen LogP contribution in [0.4, 0.5) is 0 Å². The van der Waals surface area contributed by atoms with E-state index in [0.29, 0.717) is 5.75 Å². The fourth-order valence-electron chi connectivity index (χ4n) is 1.02. The maximum absolute atomic E-state index is 10.8. The molecule has 0 radical (unpaired) electrons. The molecule has 0 spiro atoms. The molecular formula is C12H16O4. The molecule has 0 aliphatic rings. The van der Waals surface area contributed by atoms with Crippen LogP contribution in [0.1, 0.15) is 19.4 Å². The molecule has 0 unspecified atom stereocenters. The Morgan fingerprint density at radius 3 is 2.31 bits per heavy atom. The van der Waals surface area contributed by atoms with Crippen molar-refractivity contribution >= 4 is 5.97 Å². The monoisotopic (exact) mass is 224 g/mol. The Kier molecular flexibility index (Phi) is 3.90. The molecule has 4 heteroatoms. The number of rotatable bonds is 5. The molecule has 1 aromatic carbocycles. The van der Waals surface area contributed by atoms with Gasteiger partial charge in [-0.3, -0.25) is 4.79 Å². The van der Waals surface area contributed by atoms with Gasteiger partial charge in [-0.25, -0.2) is 0 Å². The highest BCUT2D eigenvalue weighted by atomic mass is 16.5. The second kappa shape index (κ2) is 4.99. The van der Waals surface area contributed by atoms with Crippen LogP contribution in [0.3, 0.4) is 0 Å². The summed E-state index contributed by atoms with van der Waals surface area (Å²) in [5.74, 6) is -0.286. The number of aliphatic hydroxyl groups is 1. The summed E-state index contributed by atoms with van der Waals surface area (Å²) >= 11 is 0. The third kappa shape index (κ3) is 3.24. The predicted molar refractivity (Wildman–Crippen MR) is 59.3 cm³/mol. The first kappa shape index (κ1) is 12.5. The van der Waals surface area contributed by atoms with Gasteiger partial charge in [0.25, 0.3) is 0 Å². The van der Waals surface area contributed by atoms with Gasteiger partial charge < -0.3 is 14.9 Å². The zero-order valence-corrected chi connectivity index (χ0v) is 9.43. The van der Waals surface area contributed by atoms with E-state index in [0.717, 1.165) is 5.56 Å². The Labute approximate surface area is 94.5 Å². The Morgan fingerprint density at radius 2 is 1.88 bits per heavy atom. The van der Waals surface area contributed by atoms with Gasteiger partial charge in [-0.05, 0) is 31.5 Å². The number of carbonyl (C=O) groups is 1. The summed E-state index contributed by atoms with van der Waals surface area (Å²) in [5, 5.41) is 17.7. The Balaban J connectivity index is 2.58. The van der Waals surface area contributed by atoms with Crippen molar-refractivity contribution in [2.75, 3.05) is 6.61 Å². The Hall–Kier alpha value is -1.55. The third-order valence-electron chi connectivity index (χ3n) is 2.28. The van der Waals surface area contributed by atoms with Crippen LogP contribution >= 0.6 is 0 Å². The van der Waals surface area contributed by atoms with Gasteiger partial charge in [0.15, 0.2) is 0 Å². The van der Waals surface area contributed by atoms with Gasteiger partial charge >= 0.3 is 5.97 Å². The summed E-state index contributed by atoms with van der Waals surface area (Å²) in [6, 6.07) is 6.90. The maximum atomic E-state index is 10.8. The molecule has 0 heterocycles. The molecule has 0 aromatic heterocycles. The summed E-state index contributed by atoms with van der Waals surface area (Å²) in [5.41, 5.74) is -0.111. The molecule has 1 aromatic rings. The maximum Gasteiger partial charge on any atom is 0.312 e. The number of hydrogen-bond acceptors (Lipinski definition) is 3. The van der Waals surface area contributed by atoms with E-state index in [9.17, 15) is 4.79 Å². The van der Waals surface area contributed by atoms with Crippen LogP contribution in [-0.4, -0.2) is 22.8 Å². The van der Waals surface area contributed by atoms with Crippen LogP contribution in [0, 0.1) is 5.41 Å². The van der Waals surface area contributed by atoms with E-state index in [1.165, 1.54) is 0 Å². The van der Waals surface area contributed by atoms with E-state index in [1.54, 1.807) is 38.1 Å². The van der Waals surface area contributed by atoms with Gasteiger partial charge in [0.1, 0.15) is 12.4 Å². The number of carboxylic acid groups (broad SMARTS) is 1. The summed E-state index contributed by atoms with van der Waals surface area (Å²) in [4.78, 5) is 10.8. The lowest BCUT2D eigenvalue weighted by atomic mass is 9.95. The molecule has 0 saturated heterocycles. The van der Waals surface area contributed by atoms with Gasteiger partial charge in [-0.2, -0.15) is 0 Å². The topological polar surface area (TPSA) is 66.8 Å². The Bertz CT molecular complexity index is 354. The van der Waals surface area contributed by atoms with E-state index < -0.39 is 11.4 Å². The van der Waals surface area contributed by atoms with E-state index in [1.807, 2.05) is 0 Å². The molecule has 0 fully saturated rings. The van der Waals surface area contributed by atoms with E-state index in [2.05, 4.69) is 0 Å². The lowest BCUT2D eigenvalue weighted by molar-refractivity contribution is -0.148. The average Bonchev–Trinajstić information content (AvgIpc) is 2.27. The summed E-state index contributed by atoms with van der Waals surface area (Å²) in [6.07, 6.45) is 0. The summed E-state index contributed by atoms with van der Waals surface area (Å²) in [7, 11) is 0. The van der Waals surface area contributed by atoms with Gasteiger partial charge in [0, 0.05) is 0 Å². The number of hydrogen-bond donors (Lipinski definition) is 2. The fraction of sp³-hybridized carbons (Fsp3) is 0.417. The van der Waals surface area contributed by atoms with Crippen LogP contribution < -0.4 is 4.74 Å². The van der Waals surface area contributed by atoms with Crippen molar-refractivity contribution in [3.8, 4) is 5.75 Å². The minimum absolute atomic E-state index is 0.0130. The standard InChI is InChI=1S/C12H16O4/c1-12(2,11(14)15)8-16-10-5-3-9(7-13)4-6-10/h3-6,13H,7-8H2,1-2H3,(H,14,15). The molecule has 0 atom stereocenters. The molecule has 16 heavy (non-hydrogen) atoms. The summed E-state index contributed by atoms with van der Waals surface area (Å²) < 4.78 is 5.37. The van der Waals surface area contributed by atoms with E-state index >= 15 is 0 Å². The van der Waals surface area contributed by atoms with Crippen LogP contribution in [0.15, 0.2) is 24.3 Å². The van der Waals surface area contributed by atoms with Crippen molar-refractivity contribution in [3.63, 3.8) is 0 Å². The smallest absolute Gasteiger partial charge is 0.312 e. The lowest BCUT2D eigenvalue weighted by Gasteiger charge is -2.19. The number of ether oxygens (including phenoxy) is 1. The van der Waals surface area contributed by atoms with Crippen molar-refractivity contribution in [1.29, 1.82) is 0 Å². The molecule has 0 aliphatic heterocycles. The lowest BCUT2D eigenvalue weighted by Crippen LogP contribution is -2.30. The van der Waals surface area contributed by atoms with Crippen molar-refractivity contribution < 1.29 is 19.7 Å². The highest BCUT2D eigenvalue weighted by Crippen LogP contribution is 2.19. The summed E-state index contributed by atoms with van der Waals surface area (Å²) in [6.45, 7) is 3.32. The molecule has 0 amide bonds. The quantitative estimate of drug-likeness (QED) is 0.798. The minimum atomic E-state index is -0.907. The number of carboxylic acids is 1. The molecule has 4 nitrogen and oxygen atoms in total. The fourth-order valence-corrected chi connectivity index (χ4v) is 1.02. The molecule has 88 valence electrons. The zero-order valence-electron chi connectivity index (χ0n) is 9.43.